The van der Waals surface area contributed by atoms with Gasteiger partial charge < -0.3 is 14.8 Å². The fourth-order valence-corrected chi connectivity index (χ4v) is 2.64. The monoisotopic (exact) mass is 312 g/mol. The zero-order valence-electron chi connectivity index (χ0n) is 13.1. The third kappa shape index (κ3) is 3.87. The molecule has 0 unspecified atom stereocenters. The van der Waals surface area contributed by atoms with Gasteiger partial charge in [-0.15, -0.1) is 0 Å². The van der Waals surface area contributed by atoms with Crippen LogP contribution in [0.25, 0.3) is 17.0 Å². The molecule has 0 bridgehead atoms. The topological polar surface area (TPSA) is 60.5 Å². The largest absolute Gasteiger partial charge is 0.488 e. The van der Waals surface area contributed by atoms with E-state index in [1.807, 2.05) is 30.3 Å². The van der Waals surface area contributed by atoms with Crippen LogP contribution in [0.5, 0.6) is 5.75 Å². The zero-order valence-corrected chi connectivity index (χ0v) is 13.1. The van der Waals surface area contributed by atoms with E-state index in [2.05, 4.69) is 15.0 Å². The van der Waals surface area contributed by atoms with Gasteiger partial charge in [-0.3, -0.25) is 0 Å². The average Bonchev–Trinajstić information content (AvgIpc) is 2.61. The Hall–Kier alpha value is -2.40. The lowest BCUT2D eigenvalue weighted by atomic mass is 10.1. The second kappa shape index (κ2) is 7.24. The van der Waals surface area contributed by atoms with Gasteiger partial charge in [0.2, 0.25) is 0 Å². The maximum absolute atomic E-state index is 11.2. The highest BCUT2D eigenvalue weighted by Crippen LogP contribution is 2.26. The molecule has 2 aromatic rings. The quantitative estimate of drug-likeness (QED) is 0.694. The van der Waals surface area contributed by atoms with Crippen LogP contribution in [0.3, 0.4) is 0 Å². The van der Waals surface area contributed by atoms with E-state index in [-0.39, 0.29) is 6.10 Å². The van der Waals surface area contributed by atoms with Crippen LogP contribution in [0.1, 0.15) is 18.5 Å². The number of hydrogen-bond acceptors (Lipinski definition) is 5. The lowest BCUT2D eigenvalue weighted by molar-refractivity contribution is -0.134. The SMILES string of the molecule is COC(=O)/C=C/c1ccc2cccc(OC3CCNCC3)c2n1. The molecule has 1 aromatic carbocycles. The molecule has 3 rings (SSSR count). The highest BCUT2D eigenvalue weighted by molar-refractivity contribution is 5.88. The van der Waals surface area contributed by atoms with Crippen molar-refractivity contribution in [3.05, 3.63) is 42.1 Å². The van der Waals surface area contributed by atoms with Crippen molar-refractivity contribution >= 4 is 22.9 Å². The van der Waals surface area contributed by atoms with Gasteiger partial charge in [-0.25, -0.2) is 9.78 Å². The van der Waals surface area contributed by atoms with Crippen LogP contribution in [0.2, 0.25) is 0 Å². The molecule has 0 aliphatic carbocycles. The van der Waals surface area contributed by atoms with Crippen LogP contribution in [0.15, 0.2) is 36.4 Å². The number of esters is 1. The van der Waals surface area contributed by atoms with E-state index in [9.17, 15) is 4.79 Å². The lowest BCUT2D eigenvalue weighted by Crippen LogP contribution is -2.34. The first-order valence-corrected chi connectivity index (χ1v) is 7.79. The number of benzene rings is 1. The Balaban J connectivity index is 1.88. The zero-order chi connectivity index (χ0) is 16.1. The third-order valence-corrected chi connectivity index (χ3v) is 3.88. The van der Waals surface area contributed by atoms with Crippen molar-refractivity contribution in [1.29, 1.82) is 0 Å². The molecule has 1 N–H and O–H groups in total. The van der Waals surface area contributed by atoms with E-state index < -0.39 is 5.97 Å². The van der Waals surface area contributed by atoms with Crippen LogP contribution in [-0.4, -0.2) is 37.3 Å². The first-order valence-electron chi connectivity index (χ1n) is 7.79. The number of piperidine rings is 1. The predicted molar refractivity (Wildman–Crippen MR) is 89.3 cm³/mol. The van der Waals surface area contributed by atoms with Gasteiger partial charge in [-0.05, 0) is 44.1 Å². The van der Waals surface area contributed by atoms with Crippen molar-refractivity contribution in [3.8, 4) is 5.75 Å². The lowest BCUT2D eigenvalue weighted by Gasteiger charge is -2.24. The molecule has 1 aliphatic heterocycles. The number of aromatic nitrogens is 1. The van der Waals surface area contributed by atoms with E-state index in [1.165, 1.54) is 13.2 Å². The first-order chi connectivity index (χ1) is 11.3. The van der Waals surface area contributed by atoms with E-state index in [0.717, 1.165) is 42.6 Å². The van der Waals surface area contributed by atoms with Crippen molar-refractivity contribution < 1.29 is 14.3 Å². The summed E-state index contributed by atoms with van der Waals surface area (Å²) in [5, 5.41) is 4.35. The van der Waals surface area contributed by atoms with E-state index in [0.29, 0.717) is 5.69 Å². The minimum absolute atomic E-state index is 0.220. The molecule has 0 amide bonds. The van der Waals surface area contributed by atoms with Gasteiger partial charge >= 0.3 is 5.97 Å². The van der Waals surface area contributed by atoms with Crippen molar-refractivity contribution in [2.75, 3.05) is 20.2 Å². The summed E-state index contributed by atoms with van der Waals surface area (Å²) in [5.74, 6) is 0.397. The van der Waals surface area contributed by atoms with Gasteiger partial charge in [0.05, 0.1) is 12.8 Å². The first kappa shape index (κ1) is 15.5. The van der Waals surface area contributed by atoms with Gasteiger partial charge in [-0.1, -0.05) is 18.2 Å². The van der Waals surface area contributed by atoms with E-state index in [1.54, 1.807) is 6.08 Å². The predicted octanol–water partition coefficient (Wildman–Crippen LogP) is 2.55. The number of carbonyl (C=O) groups is 1. The van der Waals surface area contributed by atoms with Gasteiger partial charge in [0.25, 0.3) is 0 Å². The molecule has 1 fully saturated rings. The van der Waals surface area contributed by atoms with Gasteiger partial charge in [0, 0.05) is 11.5 Å². The number of methoxy groups -OCH3 is 1. The fourth-order valence-electron chi connectivity index (χ4n) is 2.64. The van der Waals surface area contributed by atoms with Gasteiger partial charge in [0.15, 0.2) is 0 Å². The molecule has 1 aromatic heterocycles. The Morgan fingerprint density at radius 1 is 1.26 bits per heavy atom. The molecule has 0 saturated carbocycles. The summed E-state index contributed by atoms with van der Waals surface area (Å²) in [5.41, 5.74) is 1.52. The Kier molecular flexibility index (Phi) is 4.88. The van der Waals surface area contributed by atoms with Crippen molar-refractivity contribution in [2.24, 2.45) is 0 Å². The summed E-state index contributed by atoms with van der Waals surface area (Å²) in [7, 11) is 1.35. The number of carbonyl (C=O) groups excluding carboxylic acids is 1. The number of rotatable bonds is 4. The maximum Gasteiger partial charge on any atom is 0.330 e. The average molecular weight is 312 g/mol. The number of ether oxygens (including phenoxy) is 2. The highest BCUT2D eigenvalue weighted by Gasteiger charge is 2.16. The molecule has 2 heterocycles. The van der Waals surface area contributed by atoms with Crippen LogP contribution in [-0.2, 0) is 9.53 Å². The molecule has 0 atom stereocenters. The van der Waals surface area contributed by atoms with Crippen molar-refractivity contribution in [2.45, 2.75) is 18.9 Å². The third-order valence-electron chi connectivity index (χ3n) is 3.88. The Morgan fingerprint density at radius 3 is 2.87 bits per heavy atom. The van der Waals surface area contributed by atoms with Gasteiger partial charge in [0.1, 0.15) is 17.4 Å². The summed E-state index contributed by atoms with van der Waals surface area (Å²) in [6.07, 6.45) is 5.23. The maximum atomic E-state index is 11.2. The summed E-state index contributed by atoms with van der Waals surface area (Å²) in [6.45, 7) is 1.96. The minimum Gasteiger partial charge on any atom is -0.488 e. The smallest absolute Gasteiger partial charge is 0.330 e. The number of fused-ring (bicyclic) bond motifs is 1. The molecule has 120 valence electrons. The minimum atomic E-state index is -0.397. The standard InChI is InChI=1S/C18H20N2O3/c1-22-17(21)8-7-14-6-5-13-3-2-4-16(18(13)20-14)23-15-9-11-19-12-10-15/h2-8,15,19H,9-12H2,1H3/b8-7+. The van der Waals surface area contributed by atoms with Crippen LogP contribution in [0.4, 0.5) is 0 Å². The van der Waals surface area contributed by atoms with Crippen molar-refractivity contribution in [1.82, 2.24) is 10.3 Å². The van der Waals surface area contributed by atoms with Crippen LogP contribution >= 0.6 is 0 Å². The second-order valence-electron chi connectivity index (χ2n) is 5.49. The summed E-state index contributed by atoms with van der Waals surface area (Å²) in [6, 6.07) is 9.78. The van der Waals surface area contributed by atoms with Crippen molar-refractivity contribution in [3.63, 3.8) is 0 Å². The second-order valence-corrected chi connectivity index (χ2v) is 5.49. The number of para-hydroxylation sites is 1. The summed E-state index contributed by atoms with van der Waals surface area (Å²) in [4.78, 5) is 15.8. The molecular weight excluding hydrogens is 292 g/mol. The number of nitrogens with zero attached hydrogens (tertiary/aromatic N) is 1. The van der Waals surface area contributed by atoms with Gasteiger partial charge in [-0.2, -0.15) is 0 Å². The number of nitrogens with one attached hydrogen (secondary N) is 1. The number of hydrogen-bond donors (Lipinski definition) is 1. The number of pyridine rings is 1. The fraction of sp³-hybridized carbons (Fsp3) is 0.333. The summed E-state index contributed by atoms with van der Waals surface area (Å²) < 4.78 is 10.8. The van der Waals surface area contributed by atoms with E-state index in [4.69, 9.17) is 4.74 Å². The molecule has 23 heavy (non-hydrogen) atoms. The Bertz CT molecular complexity index is 721. The molecule has 0 spiro atoms. The highest BCUT2D eigenvalue weighted by atomic mass is 16.5. The normalized spacial score (nSPS) is 15.9. The van der Waals surface area contributed by atoms with Crippen LogP contribution in [0, 0.1) is 0 Å². The molecule has 5 heteroatoms. The molecule has 1 saturated heterocycles. The molecule has 5 nitrogen and oxygen atoms in total. The van der Waals surface area contributed by atoms with E-state index >= 15 is 0 Å². The Labute approximate surface area is 135 Å². The Morgan fingerprint density at radius 2 is 2.09 bits per heavy atom. The summed E-state index contributed by atoms with van der Waals surface area (Å²) >= 11 is 0. The molecule has 0 radical (unpaired) electrons. The molecule has 1 aliphatic rings. The van der Waals surface area contributed by atoms with Crippen LogP contribution < -0.4 is 10.1 Å². The molecular formula is C18H20N2O3.